The van der Waals surface area contributed by atoms with Gasteiger partial charge in [-0.1, -0.05) is 50.3 Å². The quantitative estimate of drug-likeness (QED) is 0.158. The van der Waals surface area contributed by atoms with E-state index in [1.165, 1.54) is 4.88 Å². The van der Waals surface area contributed by atoms with Gasteiger partial charge in [-0.25, -0.2) is 14.6 Å². The van der Waals surface area contributed by atoms with E-state index in [1.807, 2.05) is 24.3 Å². The van der Waals surface area contributed by atoms with Crippen LogP contribution < -0.4 is 38.5 Å². The Labute approximate surface area is 375 Å². The lowest BCUT2D eigenvalue weighted by atomic mass is 9.38. The number of rotatable bonds is 11. The Morgan fingerprint density at radius 1 is 0.703 bits per heavy atom. The van der Waals surface area contributed by atoms with Gasteiger partial charge in [0.2, 0.25) is 11.8 Å². The molecule has 2 saturated carbocycles. The van der Waals surface area contributed by atoms with Crippen molar-refractivity contribution in [3.63, 3.8) is 0 Å². The molecule has 0 spiro atoms. The molecule has 64 heavy (non-hydrogen) atoms. The monoisotopic (exact) mass is 900 g/mol. The molecule has 9 rings (SSSR count). The Morgan fingerprint density at radius 3 is 1.58 bits per heavy atom. The zero-order valence-electron chi connectivity index (χ0n) is 36.4. The standard InChI is InChI=1S/C45H60N10O8S/c1-40(23-33(46)56)42(48)19-7-5-15-31(42)44(40,35(58)51-38(60)61)53-21-9-12-26(53)28-17-18-29(55(28)37-50-25-11-3-4-14-30(25)64-37)27-13-10-22-54(27)45(36(59)52-39(62)63)32-16-6-8-20-43(32,49)41(45,2)24-34(47)57/h5-8,15-16,26-29H,3-4,9-14,17-24,48-49H2,1-2H3,(H2,46,56)(H2,47,57)(H,51,58)(H,52,59)(H,60,61)(H,62,63)/t26?,27?,28-,29-,40?,41?,42?,43?,44+,45+/m1/s1. The number of primary amides is 2. The van der Waals surface area contributed by atoms with Crippen LogP contribution >= 0.6 is 11.3 Å². The second-order valence-corrected chi connectivity index (χ2v) is 20.8. The lowest BCUT2D eigenvalue weighted by molar-refractivity contribution is -0.167. The second kappa shape index (κ2) is 15.3. The highest BCUT2D eigenvalue weighted by Crippen LogP contribution is 2.69. The molecule has 12 N–H and O–H groups in total. The van der Waals surface area contributed by atoms with Crippen LogP contribution in [0, 0.1) is 10.8 Å². The summed E-state index contributed by atoms with van der Waals surface area (Å²) in [6.45, 7) is 4.38. The minimum Gasteiger partial charge on any atom is -0.465 e. The fourth-order valence-electron chi connectivity index (χ4n) is 14.6. The number of nitrogens with one attached hydrogen (secondary N) is 2. The molecule has 0 aromatic carbocycles. The third-order valence-electron chi connectivity index (χ3n) is 17.0. The van der Waals surface area contributed by atoms with E-state index in [0.29, 0.717) is 75.6 Å². The average molecular weight is 901 g/mol. The summed E-state index contributed by atoms with van der Waals surface area (Å²) in [5.41, 5.74) is 20.3. The molecule has 0 bridgehead atoms. The number of amides is 6. The predicted molar refractivity (Wildman–Crippen MR) is 237 cm³/mol. The first-order valence-corrected chi connectivity index (χ1v) is 23.4. The first-order valence-electron chi connectivity index (χ1n) is 22.6. The summed E-state index contributed by atoms with van der Waals surface area (Å²) in [6.07, 6.45) is 15.8. The number of nitrogens with two attached hydrogens (primary N) is 4. The van der Waals surface area contributed by atoms with Crippen LogP contribution in [0.5, 0.6) is 0 Å². The van der Waals surface area contributed by atoms with Gasteiger partial charge >= 0.3 is 12.2 Å². The van der Waals surface area contributed by atoms with Gasteiger partial charge < -0.3 is 38.0 Å². The summed E-state index contributed by atoms with van der Waals surface area (Å²) in [7, 11) is 0. The molecule has 5 fully saturated rings. The van der Waals surface area contributed by atoms with Gasteiger partial charge in [-0.2, -0.15) is 0 Å². The number of hydrogen-bond donors (Lipinski definition) is 8. The molecule has 0 radical (unpaired) electrons. The number of imide groups is 2. The van der Waals surface area contributed by atoms with Crippen LogP contribution in [-0.4, -0.2) is 120 Å². The first-order chi connectivity index (χ1) is 30.3. The van der Waals surface area contributed by atoms with Gasteiger partial charge in [-0.15, -0.1) is 11.3 Å². The summed E-state index contributed by atoms with van der Waals surface area (Å²) in [4.78, 5) is 93.8. The van der Waals surface area contributed by atoms with E-state index in [9.17, 15) is 39.0 Å². The van der Waals surface area contributed by atoms with E-state index in [1.54, 1.807) is 37.3 Å². The molecular formula is C45H60N10O8S. The summed E-state index contributed by atoms with van der Waals surface area (Å²) < 4.78 is 0. The highest BCUT2D eigenvalue weighted by molar-refractivity contribution is 7.15. The Balaban J connectivity index is 1.19. The lowest BCUT2D eigenvalue weighted by Gasteiger charge is -2.73. The molecule has 3 aliphatic heterocycles. The van der Waals surface area contributed by atoms with Crippen molar-refractivity contribution in [2.45, 2.75) is 150 Å². The zero-order valence-corrected chi connectivity index (χ0v) is 37.3. The molecule has 19 heteroatoms. The average Bonchev–Trinajstić information content (AvgIpc) is 4.04. The highest BCUT2D eigenvalue weighted by atomic mass is 32.1. The van der Waals surface area contributed by atoms with Crippen molar-refractivity contribution in [3.05, 3.63) is 58.2 Å². The Morgan fingerprint density at radius 2 is 1.16 bits per heavy atom. The number of nitrogens with zero attached hydrogens (tertiary/aromatic N) is 4. The number of hydrogen-bond acceptors (Lipinski definition) is 13. The third kappa shape index (κ3) is 5.72. The highest BCUT2D eigenvalue weighted by Gasteiger charge is 2.81. The lowest BCUT2D eigenvalue weighted by Crippen LogP contribution is -2.89. The van der Waals surface area contributed by atoms with Crippen molar-refractivity contribution in [1.82, 2.24) is 25.4 Å². The van der Waals surface area contributed by atoms with Gasteiger partial charge in [0.1, 0.15) is 11.1 Å². The number of aromatic nitrogens is 1. The summed E-state index contributed by atoms with van der Waals surface area (Å²) in [5.74, 6) is -2.88. The number of aryl methyl sites for hydroxylation is 2. The summed E-state index contributed by atoms with van der Waals surface area (Å²) >= 11 is 1.66. The van der Waals surface area contributed by atoms with Gasteiger partial charge in [0, 0.05) is 52.7 Å². The third-order valence-corrected chi connectivity index (χ3v) is 18.2. The van der Waals surface area contributed by atoms with Gasteiger partial charge in [-0.05, 0) is 101 Å². The maximum absolute atomic E-state index is 14.9. The number of carboxylic acid groups (broad SMARTS) is 2. The molecule has 18 nitrogen and oxygen atoms in total. The number of thiazole rings is 1. The number of allylic oxidation sites excluding steroid dienone is 4. The molecule has 10 atom stereocenters. The van der Waals surface area contributed by atoms with Crippen molar-refractivity contribution in [3.8, 4) is 0 Å². The van der Waals surface area contributed by atoms with Crippen molar-refractivity contribution >= 4 is 52.3 Å². The van der Waals surface area contributed by atoms with Crippen molar-refractivity contribution in [2.24, 2.45) is 33.8 Å². The maximum atomic E-state index is 14.9. The topological polar surface area (TPSA) is 294 Å². The van der Waals surface area contributed by atoms with E-state index in [0.717, 1.165) is 36.5 Å². The first kappa shape index (κ1) is 44.3. The van der Waals surface area contributed by atoms with Crippen LogP contribution in [0.2, 0.25) is 0 Å². The maximum Gasteiger partial charge on any atom is 0.411 e. The van der Waals surface area contributed by atoms with Crippen LogP contribution in [0.3, 0.4) is 0 Å². The molecule has 1 aromatic heterocycles. The molecule has 1 aromatic rings. The number of likely N-dealkylation sites (tertiary alicyclic amines) is 2. The summed E-state index contributed by atoms with van der Waals surface area (Å²) in [6, 6.07) is -1.29. The van der Waals surface area contributed by atoms with E-state index in [4.69, 9.17) is 27.9 Å². The summed E-state index contributed by atoms with van der Waals surface area (Å²) in [5, 5.41) is 25.3. The van der Waals surface area contributed by atoms with E-state index >= 15 is 0 Å². The van der Waals surface area contributed by atoms with E-state index in [2.05, 4.69) is 25.3 Å². The van der Waals surface area contributed by atoms with Crippen LogP contribution in [0.25, 0.3) is 0 Å². The second-order valence-electron chi connectivity index (χ2n) is 19.8. The smallest absolute Gasteiger partial charge is 0.411 e. The van der Waals surface area contributed by atoms with Crippen LogP contribution in [-0.2, 0) is 32.0 Å². The van der Waals surface area contributed by atoms with Crippen molar-refractivity contribution in [2.75, 3.05) is 18.0 Å². The van der Waals surface area contributed by atoms with Gasteiger partial charge in [-0.3, -0.25) is 39.6 Å². The van der Waals surface area contributed by atoms with Gasteiger partial charge in [0.25, 0.3) is 11.8 Å². The van der Waals surface area contributed by atoms with Crippen molar-refractivity contribution in [1.29, 1.82) is 0 Å². The van der Waals surface area contributed by atoms with E-state index < -0.39 is 68.8 Å². The normalized spacial score (nSPS) is 38.8. The fraction of sp³-hybridized carbons (Fsp3) is 0.622. The Bertz CT molecular complexity index is 2190. The number of carbonyl (C=O) groups is 6. The van der Waals surface area contributed by atoms with E-state index in [-0.39, 0.29) is 37.0 Å². The largest absolute Gasteiger partial charge is 0.465 e. The molecule has 6 amide bonds. The van der Waals surface area contributed by atoms with Crippen LogP contribution in [0.1, 0.15) is 101 Å². The molecular weight excluding hydrogens is 841 g/mol. The number of carbonyl (C=O) groups excluding carboxylic acids is 4. The molecule has 4 heterocycles. The predicted octanol–water partition coefficient (Wildman–Crippen LogP) is 2.31. The van der Waals surface area contributed by atoms with Crippen LogP contribution in [0.15, 0.2) is 47.6 Å². The molecule has 8 aliphatic rings. The molecule has 3 saturated heterocycles. The molecule has 344 valence electrons. The van der Waals surface area contributed by atoms with Gasteiger partial charge in [0.05, 0.1) is 16.8 Å². The Kier molecular flexibility index (Phi) is 10.6. The number of fused-ring (bicyclic) bond motifs is 3. The molecule has 5 aliphatic carbocycles. The van der Waals surface area contributed by atoms with Gasteiger partial charge in [0.15, 0.2) is 5.13 Å². The SMILES string of the molecule is CC1(CC(N)=O)C2(N)CC=CC=C2[C@@]1(C(=O)NC(=O)O)N1CCCC1[C@H]1CC[C@H](C2CCCN2[C@]2(C(=O)NC(=O)O)C3=CC=CCC3(N)C2(C)CC(N)=O)N1c1nc2c(s1)CCCC2. The molecule has 6 unspecified atom stereocenters. The Hall–Kier alpha value is -4.95. The zero-order chi connectivity index (χ0) is 45.8. The van der Waals surface area contributed by atoms with Crippen LogP contribution in [0.4, 0.5) is 14.7 Å². The number of anilines is 1. The fourth-order valence-corrected chi connectivity index (χ4v) is 15.8. The van der Waals surface area contributed by atoms with Crippen molar-refractivity contribution < 1.29 is 39.0 Å². The minimum atomic E-state index is -1.65. The minimum absolute atomic E-state index is 0.267.